The monoisotopic (exact) mass is 522 g/mol. The summed E-state index contributed by atoms with van der Waals surface area (Å²) in [5, 5.41) is 14.3. The molecule has 176 valence electrons. The third-order valence-electron chi connectivity index (χ3n) is 6.55. The fourth-order valence-corrected chi connectivity index (χ4v) is 5.36. The molecule has 0 bridgehead atoms. The molecule has 2 aromatic carbocycles. The predicted octanol–water partition coefficient (Wildman–Crippen LogP) is 5.52. The topological polar surface area (TPSA) is 82.2 Å². The van der Waals surface area contributed by atoms with Gasteiger partial charge in [-0.15, -0.1) is 0 Å². The van der Waals surface area contributed by atoms with Crippen LogP contribution >= 0.6 is 15.9 Å². The van der Waals surface area contributed by atoms with E-state index < -0.39 is 11.9 Å². The van der Waals surface area contributed by atoms with Gasteiger partial charge in [0.05, 0.1) is 22.6 Å². The molecule has 8 heteroatoms. The number of aromatic nitrogens is 4. The van der Waals surface area contributed by atoms with Gasteiger partial charge in [0.2, 0.25) is 0 Å². The van der Waals surface area contributed by atoms with Crippen molar-refractivity contribution in [2.45, 2.75) is 44.8 Å². The van der Waals surface area contributed by atoms with E-state index in [1.807, 2.05) is 49.6 Å². The molecule has 0 spiro atoms. The maximum atomic E-state index is 12.1. The maximum absolute atomic E-state index is 12.1. The highest BCUT2D eigenvalue weighted by Gasteiger charge is 2.35. The third-order valence-corrected chi connectivity index (χ3v) is 7.04. The molecule has 1 N–H and O–H groups in total. The minimum absolute atomic E-state index is 0.108. The van der Waals surface area contributed by atoms with Crippen molar-refractivity contribution in [1.82, 2.24) is 19.3 Å². The Morgan fingerprint density at radius 1 is 1.18 bits per heavy atom. The summed E-state index contributed by atoms with van der Waals surface area (Å²) < 4.78 is 11.0. The molecule has 4 aromatic rings. The molecule has 0 aliphatic heterocycles. The molecule has 1 fully saturated rings. The first kappa shape index (κ1) is 22.7. The number of ether oxygens (including phenoxy) is 1. The van der Waals surface area contributed by atoms with Crippen LogP contribution in [0.2, 0.25) is 0 Å². The van der Waals surface area contributed by atoms with Crippen LogP contribution in [-0.4, -0.2) is 30.4 Å². The van der Waals surface area contributed by atoms with Gasteiger partial charge in [-0.25, -0.2) is 4.98 Å². The zero-order valence-electron chi connectivity index (χ0n) is 19.0. The summed E-state index contributed by atoms with van der Waals surface area (Å²) in [5.41, 5.74) is 3.78. The molecule has 1 saturated carbocycles. The summed E-state index contributed by atoms with van der Waals surface area (Å²) in [4.78, 5) is 17.0. The number of halogens is 1. The summed E-state index contributed by atoms with van der Waals surface area (Å²) in [6.07, 6.45) is 5.39. The van der Waals surface area contributed by atoms with Crippen LogP contribution in [0.4, 0.5) is 0 Å². The van der Waals surface area contributed by atoms with Crippen molar-refractivity contribution >= 4 is 32.9 Å². The minimum atomic E-state index is -0.731. The summed E-state index contributed by atoms with van der Waals surface area (Å²) >= 11 is 3.57. The lowest BCUT2D eigenvalue weighted by atomic mass is 9.78. The fourth-order valence-electron chi connectivity index (χ4n) is 4.91. The highest BCUT2D eigenvalue weighted by molar-refractivity contribution is 9.10. The largest absolute Gasteiger partial charge is 0.487 e. The zero-order valence-corrected chi connectivity index (χ0v) is 20.6. The number of hydrogen-bond donors (Lipinski definition) is 1. The summed E-state index contributed by atoms with van der Waals surface area (Å²) in [7, 11) is 1.88. The molecule has 0 saturated heterocycles. The Morgan fingerprint density at radius 2 is 2.03 bits per heavy atom. The molecular formula is C26H27BrN4O3. The van der Waals surface area contributed by atoms with E-state index in [-0.39, 0.29) is 5.92 Å². The van der Waals surface area contributed by atoms with Crippen molar-refractivity contribution < 1.29 is 14.6 Å². The number of rotatable bonds is 7. The van der Waals surface area contributed by atoms with Crippen molar-refractivity contribution in [3.63, 3.8) is 0 Å². The SMILES string of the molecule is Cn1ccc(COc2ccc3nc(C4CCCCC4C(=O)O)n(Cc4cccc(Br)c4)c3c2)n1. The van der Waals surface area contributed by atoms with E-state index in [2.05, 4.69) is 37.7 Å². The zero-order chi connectivity index (χ0) is 23.7. The van der Waals surface area contributed by atoms with Gasteiger partial charge < -0.3 is 14.4 Å². The second kappa shape index (κ2) is 9.62. The van der Waals surface area contributed by atoms with Gasteiger partial charge >= 0.3 is 5.97 Å². The summed E-state index contributed by atoms with van der Waals surface area (Å²) in [6, 6.07) is 16.0. The Labute approximate surface area is 206 Å². The second-order valence-electron chi connectivity index (χ2n) is 8.94. The number of fused-ring (bicyclic) bond motifs is 1. The molecule has 0 radical (unpaired) electrons. The van der Waals surface area contributed by atoms with E-state index >= 15 is 0 Å². The van der Waals surface area contributed by atoms with Gasteiger partial charge in [0.1, 0.15) is 18.2 Å². The summed E-state index contributed by atoms with van der Waals surface area (Å²) in [5.74, 6) is 0.336. The third kappa shape index (κ3) is 4.73. The Balaban J connectivity index is 1.55. The molecule has 7 nitrogen and oxygen atoms in total. The Bertz CT molecular complexity index is 1330. The quantitative estimate of drug-likeness (QED) is 0.345. The van der Waals surface area contributed by atoms with Crippen LogP contribution in [0.25, 0.3) is 11.0 Å². The van der Waals surface area contributed by atoms with Crippen LogP contribution in [-0.2, 0) is 25.0 Å². The van der Waals surface area contributed by atoms with Crippen molar-refractivity contribution in [3.8, 4) is 5.75 Å². The average molecular weight is 523 g/mol. The molecule has 2 unspecified atom stereocenters. The average Bonchev–Trinajstić information content (AvgIpc) is 3.40. The molecule has 2 atom stereocenters. The number of aryl methyl sites for hydroxylation is 1. The first-order chi connectivity index (χ1) is 16.5. The van der Waals surface area contributed by atoms with Crippen LogP contribution in [0.5, 0.6) is 5.75 Å². The van der Waals surface area contributed by atoms with Gasteiger partial charge in [-0.3, -0.25) is 9.48 Å². The number of benzene rings is 2. The molecule has 1 aliphatic rings. The lowest BCUT2D eigenvalue weighted by Crippen LogP contribution is -2.27. The molecule has 2 aromatic heterocycles. The van der Waals surface area contributed by atoms with Crippen LogP contribution < -0.4 is 4.74 Å². The number of hydrogen-bond acceptors (Lipinski definition) is 4. The molecule has 2 heterocycles. The summed E-state index contributed by atoms with van der Waals surface area (Å²) in [6.45, 7) is 0.987. The lowest BCUT2D eigenvalue weighted by Gasteiger charge is -2.28. The van der Waals surface area contributed by atoms with Crippen molar-refractivity contribution in [3.05, 3.63) is 76.3 Å². The molecule has 0 amide bonds. The fraction of sp³-hybridized carbons (Fsp3) is 0.346. The predicted molar refractivity (Wildman–Crippen MR) is 133 cm³/mol. The van der Waals surface area contributed by atoms with Gasteiger partial charge in [-0.05, 0) is 48.7 Å². The first-order valence-electron chi connectivity index (χ1n) is 11.6. The Kier molecular flexibility index (Phi) is 6.41. The number of carboxylic acids is 1. The van der Waals surface area contributed by atoms with E-state index in [0.29, 0.717) is 19.6 Å². The van der Waals surface area contributed by atoms with Crippen LogP contribution in [0.15, 0.2) is 59.2 Å². The van der Waals surface area contributed by atoms with E-state index in [1.54, 1.807) is 4.68 Å². The number of carbonyl (C=O) groups is 1. The van der Waals surface area contributed by atoms with Gasteiger partial charge in [0.25, 0.3) is 0 Å². The standard InChI is InChI=1S/C26H27BrN4O3/c1-30-12-11-19(29-30)16-34-20-9-10-23-24(14-20)31(15-17-5-4-6-18(27)13-17)25(28-23)21-7-2-3-8-22(21)26(32)33/h4-6,9-14,21-22H,2-3,7-8,15-16H2,1H3,(H,32,33). The first-order valence-corrected chi connectivity index (χ1v) is 12.4. The number of carboxylic acid groups (broad SMARTS) is 1. The van der Waals surface area contributed by atoms with E-state index in [9.17, 15) is 9.90 Å². The van der Waals surface area contributed by atoms with Crippen LogP contribution in [0.3, 0.4) is 0 Å². The number of aliphatic carboxylic acids is 1. The van der Waals surface area contributed by atoms with Crippen LogP contribution in [0.1, 0.15) is 48.7 Å². The normalized spacial score (nSPS) is 18.3. The molecule has 34 heavy (non-hydrogen) atoms. The minimum Gasteiger partial charge on any atom is -0.487 e. The van der Waals surface area contributed by atoms with E-state index in [4.69, 9.17) is 9.72 Å². The van der Waals surface area contributed by atoms with E-state index in [1.165, 1.54) is 0 Å². The van der Waals surface area contributed by atoms with Gasteiger partial charge in [-0.1, -0.05) is 40.9 Å². The lowest BCUT2D eigenvalue weighted by molar-refractivity contribution is -0.143. The Hall–Kier alpha value is -3.13. The van der Waals surface area contributed by atoms with Gasteiger partial charge in [0, 0.05) is 36.2 Å². The van der Waals surface area contributed by atoms with Crippen molar-refractivity contribution in [2.75, 3.05) is 0 Å². The van der Waals surface area contributed by atoms with Crippen LogP contribution in [0, 0.1) is 5.92 Å². The van der Waals surface area contributed by atoms with Crippen molar-refractivity contribution in [1.29, 1.82) is 0 Å². The second-order valence-corrected chi connectivity index (χ2v) is 9.86. The smallest absolute Gasteiger partial charge is 0.307 e. The highest BCUT2D eigenvalue weighted by Crippen LogP contribution is 2.39. The maximum Gasteiger partial charge on any atom is 0.307 e. The molecule has 5 rings (SSSR count). The van der Waals surface area contributed by atoms with Gasteiger partial charge in [-0.2, -0.15) is 5.10 Å². The number of nitrogens with zero attached hydrogens (tertiary/aromatic N) is 4. The molecule has 1 aliphatic carbocycles. The molecular weight excluding hydrogens is 496 g/mol. The Morgan fingerprint density at radius 3 is 2.79 bits per heavy atom. The van der Waals surface area contributed by atoms with E-state index in [0.717, 1.165) is 57.6 Å². The highest BCUT2D eigenvalue weighted by atomic mass is 79.9. The number of imidazole rings is 1. The van der Waals surface area contributed by atoms with Crippen molar-refractivity contribution in [2.24, 2.45) is 13.0 Å². The van der Waals surface area contributed by atoms with Gasteiger partial charge in [0.15, 0.2) is 0 Å².